The lowest BCUT2D eigenvalue weighted by Crippen LogP contribution is -2.38. The molecule has 1 amide bonds. The first-order valence-corrected chi connectivity index (χ1v) is 5.23. The Kier molecular flexibility index (Phi) is 4.42. The number of carbonyl (C=O) groups excluding carboxylic acids is 1. The van der Waals surface area contributed by atoms with E-state index in [2.05, 4.69) is 0 Å². The van der Waals surface area contributed by atoms with Crippen LogP contribution >= 0.6 is 0 Å². The molecule has 0 fully saturated rings. The van der Waals surface area contributed by atoms with E-state index < -0.39 is 5.91 Å². The molecule has 94 valence electrons. The lowest BCUT2D eigenvalue weighted by atomic mass is 10.1. The molecule has 1 aromatic rings. The number of rotatable bonds is 4. The Morgan fingerprint density at radius 3 is 2.71 bits per heavy atom. The van der Waals surface area contributed by atoms with Crippen molar-refractivity contribution in [1.29, 1.82) is 0 Å². The van der Waals surface area contributed by atoms with E-state index in [1.807, 2.05) is 12.3 Å². The first-order chi connectivity index (χ1) is 8.02. The third-order valence-corrected chi connectivity index (χ3v) is 2.58. The Morgan fingerprint density at radius 1 is 1.53 bits per heavy atom. The van der Waals surface area contributed by atoms with E-state index in [1.165, 1.54) is 4.57 Å². The summed E-state index contributed by atoms with van der Waals surface area (Å²) in [5, 5.41) is 0. The van der Waals surface area contributed by atoms with Crippen LogP contribution in [0.1, 0.15) is 21.6 Å². The van der Waals surface area contributed by atoms with Crippen LogP contribution in [0.4, 0.5) is 0 Å². The highest BCUT2D eigenvalue weighted by molar-refractivity contribution is 5.94. The second-order valence-electron chi connectivity index (χ2n) is 3.77. The fourth-order valence-corrected chi connectivity index (χ4v) is 1.74. The average molecular weight is 239 g/mol. The molecule has 0 spiro atoms. The van der Waals surface area contributed by atoms with Gasteiger partial charge in [0.05, 0.1) is 6.61 Å². The summed E-state index contributed by atoms with van der Waals surface area (Å²) in [7, 11) is 1.56. The Balaban J connectivity index is 3.33. The molecule has 0 aliphatic carbocycles. The topological polar surface area (TPSA) is 86.3 Å². The zero-order valence-electron chi connectivity index (χ0n) is 10.2. The number of hydrogen-bond acceptors (Lipinski definition) is 4. The normalized spacial score (nSPS) is 10.4. The Morgan fingerprint density at radius 2 is 2.18 bits per heavy atom. The van der Waals surface area contributed by atoms with Crippen molar-refractivity contribution >= 4 is 5.91 Å². The van der Waals surface area contributed by atoms with E-state index in [9.17, 15) is 9.59 Å². The van der Waals surface area contributed by atoms with Crippen molar-refractivity contribution in [2.45, 2.75) is 20.4 Å². The molecule has 6 nitrogen and oxygen atoms in total. The van der Waals surface area contributed by atoms with Gasteiger partial charge < -0.3 is 9.30 Å². The highest BCUT2D eigenvalue weighted by Gasteiger charge is 2.16. The lowest BCUT2D eigenvalue weighted by Gasteiger charge is -2.13. The minimum absolute atomic E-state index is 0.0780. The van der Waals surface area contributed by atoms with E-state index in [0.717, 1.165) is 5.69 Å². The van der Waals surface area contributed by atoms with Crippen molar-refractivity contribution in [3.63, 3.8) is 0 Å². The maximum Gasteiger partial charge on any atom is 0.271 e. The van der Waals surface area contributed by atoms with Gasteiger partial charge in [0.25, 0.3) is 11.5 Å². The number of aromatic nitrogens is 1. The van der Waals surface area contributed by atoms with Gasteiger partial charge in [-0.25, -0.2) is 5.84 Å². The largest absolute Gasteiger partial charge is 0.383 e. The van der Waals surface area contributed by atoms with Crippen LogP contribution < -0.4 is 16.8 Å². The highest BCUT2D eigenvalue weighted by atomic mass is 16.5. The zero-order valence-corrected chi connectivity index (χ0v) is 10.2. The van der Waals surface area contributed by atoms with E-state index in [0.29, 0.717) is 18.7 Å². The SMILES string of the molecule is COCCn1c(C)cc(C)c(C(=O)NN)c1=O. The van der Waals surface area contributed by atoms with Crippen LogP contribution in [-0.4, -0.2) is 24.2 Å². The molecule has 17 heavy (non-hydrogen) atoms. The van der Waals surface area contributed by atoms with Gasteiger partial charge in [0.1, 0.15) is 5.56 Å². The number of methoxy groups -OCH3 is 1. The summed E-state index contributed by atoms with van der Waals surface area (Å²) >= 11 is 0. The summed E-state index contributed by atoms with van der Waals surface area (Å²) < 4.78 is 6.43. The van der Waals surface area contributed by atoms with Crippen LogP contribution in [0.25, 0.3) is 0 Å². The second kappa shape index (κ2) is 5.60. The fraction of sp³-hybridized carbons (Fsp3) is 0.455. The molecule has 0 unspecified atom stereocenters. The van der Waals surface area contributed by atoms with Crippen molar-refractivity contribution in [3.05, 3.63) is 33.2 Å². The molecule has 0 radical (unpaired) electrons. The van der Waals surface area contributed by atoms with Gasteiger partial charge in [0, 0.05) is 19.3 Å². The number of nitrogens with one attached hydrogen (secondary N) is 1. The fourth-order valence-electron chi connectivity index (χ4n) is 1.74. The number of hydrogen-bond donors (Lipinski definition) is 2. The van der Waals surface area contributed by atoms with Gasteiger partial charge in [-0.15, -0.1) is 0 Å². The van der Waals surface area contributed by atoms with Crippen molar-refractivity contribution < 1.29 is 9.53 Å². The van der Waals surface area contributed by atoms with Crippen LogP contribution in [0.2, 0.25) is 0 Å². The number of nitrogens with two attached hydrogens (primary N) is 1. The monoisotopic (exact) mass is 239 g/mol. The summed E-state index contributed by atoms with van der Waals surface area (Å²) in [6.45, 7) is 4.34. The molecule has 1 rings (SSSR count). The summed E-state index contributed by atoms with van der Waals surface area (Å²) in [6.07, 6.45) is 0. The van der Waals surface area contributed by atoms with E-state index in [1.54, 1.807) is 20.1 Å². The molecular formula is C11H17N3O3. The second-order valence-corrected chi connectivity index (χ2v) is 3.77. The summed E-state index contributed by atoms with van der Waals surface area (Å²) in [6, 6.07) is 1.78. The van der Waals surface area contributed by atoms with Gasteiger partial charge in [-0.3, -0.25) is 15.0 Å². The van der Waals surface area contributed by atoms with Crippen molar-refractivity contribution in [2.75, 3.05) is 13.7 Å². The third-order valence-electron chi connectivity index (χ3n) is 2.58. The summed E-state index contributed by atoms with van der Waals surface area (Å²) in [4.78, 5) is 23.6. The quantitative estimate of drug-likeness (QED) is 0.429. The number of nitrogen functional groups attached to an aromatic ring is 1. The molecular weight excluding hydrogens is 222 g/mol. The predicted octanol–water partition coefficient (Wildman–Crippen LogP) is -0.285. The van der Waals surface area contributed by atoms with Crippen LogP contribution in [0.3, 0.4) is 0 Å². The molecule has 0 aromatic carbocycles. The number of aryl methyl sites for hydroxylation is 2. The van der Waals surface area contributed by atoms with E-state index in [-0.39, 0.29) is 11.1 Å². The van der Waals surface area contributed by atoms with Crippen molar-refractivity contribution in [1.82, 2.24) is 9.99 Å². The Bertz CT molecular complexity index is 480. The molecule has 3 N–H and O–H groups in total. The van der Waals surface area contributed by atoms with Gasteiger partial charge in [-0.2, -0.15) is 0 Å². The summed E-state index contributed by atoms with van der Waals surface area (Å²) in [5.41, 5.74) is 3.12. The predicted molar refractivity (Wildman–Crippen MR) is 63.7 cm³/mol. The lowest BCUT2D eigenvalue weighted by molar-refractivity contribution is 0.0950. The van der Waals surface area contributed by atoms with Crippen molar-refractivity contribution in [3.8, 4) is 0 Å². The number of pyridine rings is 1. The number of hydrazine groups is 1. The average Bonchev–Trinajstić information content (AvgIpc) is 2.28. The zero-order chi connectivity index (χ0) is 13.0. The number of carbonyl (C=O) groups is 1. The van der Waals surface area contributed by atoms with Gasteiger partial charge in [0.15, 0.2) is 0 Å². The van der Waals surface area contributed by atoms with Gasteiger partial charge in [-0.1, -0.05) is 0 Å². The van der Waals surface area contributed by atoms with Crippen molar-refractivity contribution in [2.24, 2.45) is 5.84 Å². The third kappa shape index (κ3) is 2.72. The maximum absolute atomic E-state index is 12.1. The van der Waals surface area contributed by atoms with E-state index in [4.69, 9.17) is 10.6 Å². The van der Waals surface area contributed by atoms with Crippen LogP contribution in [0, 0.1) is 13.8 Å². The number of nitrogens with zero attached hydrogens (tertiary/aromatic N) is 1. The van der Waals surface area contributed by atoms with Crippen LogP contribution in [0.5, 0.6) is 0 Å². The molecule has 0 saturated carbocycles. The molecule has 1 heterocycles. The van der Waals surface area contributed by atoms with Gasteiger partial charge >= 0.3 is 0 Å². The first-order valence-electron chi connectivity index (χ1n) is 5.23. The first kappa shape index (κ1) is 13.4. The molecule has 0 atom stereocenters. The molecule has 0 bridgehead atoms. The molecule has 0 saturated heterocycles. The van der Waals surface area contributed by atoms with Crippen LogP contribution in [-0.2, 0) is 11.3 Å². The van der Waals surface area contributed by atoms with Gasteiger partial charge in [0.2, 0.25) is 0 Å². The molecule has 0 aliphatic heterocycles. The summed E-state index contributed by atoms with van der Waals surface area (Å²) in [5.74, 6) is 4.49. The Hall–Kier alpha value is -1.66. The smallest absolute Gasteiger partial charge is 0.271 e. The Labute approximate surface area is 99.3 Å². The van der Waals surface area contributed by atoms with Gasteiger partial charge in [-0.05, 0) is 25.5 Å². The molecule has 1 aromatic heterocycles. The highest BCUT2D eigenvalue weighted by Crippen LogP contribution is 2.06. The minimum Gasteiger partial charge on any atom is -0.383 e. The van der Waals surface area contributed by atoms with E-state index >= 15 is 0 Å². The van der Waals surface area contributed by atoms with Crippen LogP contribution in [0.15, 0.2) is 10.9 Å². The number of ether oxygens (including phenoxy) is 1. The molecule has 0 aliphatic rings. The minimum atomic E-state index is -0.571. The number of amides is 1. The standard InChI is InChI=1S/C11H17N3O3/c1-7-6-8(2)14(4-5-17-3)11(16)9(7)10(15)13-12/h6H,4-5,12H2,1-3H3,(H,13,15). The maximum atomic E-state index is 12.1. The molecule has 6 heteroatoms.